The lowest BCUT2D eigenvalue weighted by atomic mass is 9.36. The molecular formula is C32H41NO5. The van der Waals surface area contributed by atoms with Crippen molar-refractivity contribution in [2.45, 2.75) is 88.6 Å². The topological polar surface area (TPSA) is 68.2 Å². The van der Waals surface area contributed by atoms with Gasteiger partial charge >= 0.3 is 5.97 Å². The number of carbonyl (C=O) groups excluding carboxylic acids is 1. The van der Waals surface area contributed by atoms with E-state index in [1.165, 1.54) is 17.2 Å². The molecule has 6 nitrogen and oxygen atoms in total. The van der Waals surface area contributed by atoms with Crippen LogP contribution < -0.4 is 9.47 Å². The Morgan fingerprint density at radius 1 is 1.32 bits per heavy atom. The van der Waals surface area contributed by atoms with Gasteiger partial charge in [-0.25, -0.2) is 4.79 Å². The van der Waals surface area contributed by atoms with Gasteiger partial charge in [0, 0.05) is 36.1 Å². The lowest BCUT2D eigenvalue weighted by molar-refractivity contribution is -0.247. The van der Waals surface area contributed by atoms with Gasteiger partial charge in [-0.15, -0.1) is 0 Å². The number of rotatable bonds is 7. The van der Waals surface area contributed by atoms with E-state index in [2.05, 4.69) is 37.1 Å². The van der Waals surface area contributed by atoms with E-state index in [0.29, 0.717) is 24.0 Å². The van der Waals surface area contributed by atoms with Crippen molar-refractivity contribution < 1.29 is 24.1 Å². The van der Waals surface area contributed by atoms with Crippen LogP contribution in [0.5, 0.6) is 11.5 Å². The van der Waals surface area contributed by atoms with E-state index in [4.69, 9.17) is 14.2 Å². The number of hydrogen-bond donors (Lipinski definition) is 1. The summed E-state index contributed by atoms with van der Waals surface area (Å²) in [6.45, 7) is 9.03. The van der Waals surface area contributed by atoms with Crippen molar-refractivity contribution in [2.75, 3.05) is 20.7 Å². The maximum Gasteiger partial charge on any atom is 0.336 e. The number of hydrogen-bond acceptors (Lipinski definition) is 6. The summed E-state index contributed by atoms with van der Waals surface area (Å²) < 4.78 is 19.4. The molecule has 2 spiro atoms. The first-order chi connectivity index (χ1) is 18.1. The Labute approximate surface area is 226 Å². The molecule has 1 aromatic carbocycles. The van der Waals surface area contributed by atoms with E-state index in [0.717, 1.165) is 37.8 Å². The van der Waals surface area contributed by atoms with Crippen LogP contribution in [0.4, 0.5) is 0 Å². The smallest absolute Gasteiger partial charge is 0.336 e. The Kier molecular flexibility index (Phi) is 5.81. The van der Waals surface area contributed by atoms with Crippen LogP contribution in [0.2, 0.25) is 0 Å². The maximum atomic E-state index is 12.8. The number of ether oxygens (including phenoxy) is 3. The van der Waals surface area contributed by atoms with E-state index in [1.54, 1.807) is 13.2 Å². The summed E-state index contributed by atoms with van der Waals surface area (Å²) in [6, 6.07) is 4.32. The minimum atomic E-state index is -0.902. The lowest BCUT2D eigenvalue weighted by Crippen LogP contribution is -2.80. The molecule has 4 aliphatic carbocycles. The molecule has 1 saturated carbocycles. The first kappa shape index (κ1) is 25.8. The van der Waals surface area contributed by atoms with Crippen molar-refractivity contribution in [1.29, 1.82) is 0 Å². The average molecular weight is 520 g/mol. The molecule has 2 heterocycles. The number of nitrogens with zero attached hydrogens (tertiary/aromatic N) is 1. The van der Waals surface area contributed by atoms with Crippen LogP contribution in [-0.2, 0) is 21.4 Å². The van der Waals surface area contributed by atoms with Gasteiger partial charge in [-0.05, 0) is 71.7 Å². The summed E-state index contributed by atoms with van der Waals surface area (Å²) >= 11 is 0. The predicted molar refractivity (Wildman–Crippen MR) is 146 cm³/mol. The normalized spacial score (nSPS) is 37.5. The van der Waals surface area contributed by atoms with Crippen LogP contribution in [0.15, 0.2) is 48.1 Å². The molecule has 204 valence electrons. The van der Waals surface area contributed by atoms with Gasteiger partial charge < -0.3 is 24.2 Å². The van der Waals surface area contributed by atoms with Gasteiger partial charge in [0.05, 0.1) is 11.0 Å². The Bertz CT molecular complexity index is 1260. The number of fused-ring (bicyclic) bond motifs is 1. The van der Waals surface area contributed by atoms with Gasteiger partial charge in [0.15, 0.2) is 11.5 Å². The SMILES string of the molecule is CCC[C@@](C)(O)[C@H]1C[C@@]23C=C[C@]1(OC)[C@@H]1Oc4c(OC(=O)/C=C/C=C(C)C)ccc5c4[C@@]12CCN(C)[C@@H]3C5. The summed E-state index contributed by atoms with van der Waals surface area (Å²) in [5, 5.41) is 11.9. The third-order valence-electron chi connectivity index (χ3n) is 10.4. The zero-order chi connectivity index (χ0) is 27.1. The van der Waals surface area contributed by atoms with Gasteiger partial charge in [0.1, 0.15) is 11.7 Å². The highest BCUT2D eigenvalue weighted by Gasteiger charge is 2.80. The van der Waals surface area contributed by atoms with Crippen LogP contribution in [0.3, 0.4) is 0 Å². The summed E-state index contributed by atoms with van der Waals surface area (Å²) in [5.41, 5.74) is 1.41. The number of likely N-dealkylation sites (tertiary alicyclic amines) is 1. The summed E-state index contributed by atoms with van der Waals surface area (Å²) in [4.78, 5) is 15.3. The molecule has 1 N–H and O–H groups in total. The van der Waals surface area contributed by atoms with Crippen LogP contribution in [-0.4, -0.2) is 60.0 Å². The molecular weight excluding hydrogens is 478 g/mol. The van der Waals surface area contributed by atoms with Gasteiger partial charge in [0.2, 0.25) is 0 Å². The highest BCUT2D eigenvalue weighted by Crippen LogP contribution is 2.75. The fraction of sp³-hybridized carbons (Fsp3) is 0.594. The van der Waals surface area contributed by atoms with E-state index < -0.39 is 17.2 Å². The molecule has 7 rings (SSSR count). The molecule has 38 heavy (non-hydrogen) atoms. The van der Waals surface area contributed by atoms with Crippen LogP contribution in [0, 0.1) is 11.3 Å². The first-order valence-electron chi connectivity index (χ1n) is 14.1. The molecule has 1 aromatic rings. The van der Waals surface area contributed by atoms with Crippen molar-refractivity contribution >= 4 is 5.97 Å². The average Bonchev–Trinajstić information content (AvgIpc) is 3.24. The molecule has 2 aliphatic heterocycles. The van der Waals surface area contributed by atoms with E-state index >= 15 is 0 Å². The molecule has 4 bridgehead atoms. The second kappa shape index (κ2) is 8.54. The zero-order valence-corrected chi connectivity index (χ0v) is 23.5. The summed E-state index contributed by atoms with van der Waals surface area (Å²) in [6.07, 6.45) is 13.6. The van der Waals surface area contributed by atoms with Crippen molar-refractivity contribution in [3.63, 3.8) is 0 Å². The third-order valence-corrected chi connectivity index (χ3v) is 10.4. The molecule has 6 aliphatic rings. The zero-order valence-electron chi connectivity index (χ0n) is 23.5. The Morgan fingerprint density at radius 2 is 2.11 bits per heavy atom. The Morgan fingerprint density at radius 3 is 2.82 bits per heavy atom. The van der Waals surface area contributed by atoms with Crippen molar-refractivity contribution in [1.82, 2.24) is 4.90 Å². The summed E-state index contributed by atoms with van der Waals surface area (Å²) in [5.74, 6) is 0.609. The maximum absolute atomic E-state index is 12.8. The van der Waals surface area contributed by atoms with E-state index in [9.17, 15) is 9.90 Å². The highest BCUT2D eigenvalue weighted by atomic mass is 16.6. The molecule has 2 fully saturated rings. The number of methoxy groups -OCH3 is 1. The number of likely N-dealkylation sites (N-methyl/N-ethyl adjacent to an activating group) is 1. The first-order valence-corrected chi connectivity index (χ1v) is 14.1. The predicted octanol–water partition coefficient (Wildman–Crippen LogP) is 4.89. The molecule has 7 atom stereocenters. The van der Waals surface area contributed by atoms with E-state index in [-0.39, 0.29) is 22.9 Å². The minimum Gasteiger partial charge on any atom is -0.482 e. The van der Waals surface area contributed by atoms with Crippen LogP contribution >= 0.6 is 0 Å². The van der Waals surface area contributed by atoms with Crippen molar-refractivity contribution in [2.24, 2.45) is 11.3 Å². The fourth-order valence-electron chi connectivity index (χ4n) is 8.97. The number of piperidine rings is 1. The lowest BCUT2D eigenvalue weighted by Gasteiger charge is -2.72. The monoisotopic (exact) mass is 519 g/mol. The van der Waals surface area contributed by atoms with Gasteiger partial charge in [-0.1, -0.05) is 49.3 Å². The Hall–Kier alpha value is -2.41. The molecule has 1 saturated heterocycles. The minimum absolute atomic E-state index is 0.119. The summed E-state index contributed by atoms with van der Waals surface area (Å²) in [7, 11) is 3.99. The number of allylic oxidation sites excluding steroid dienone is 3. The van der Waals surface area contributed by atoms with E-state index in [1.807, 2.05) is 32.9 Å². The number of aliphatic hydroxyl groups is 1. The van der Waals surface area contributed by atoms with Crippen molar-refractivity contribution in [3.8, 4) is 11.5 Å². The molecule has 0 unspecified atom stereocenters. The molecule has 6 heteroatoms. The standard InChI is InChI=1S/C32H41NO5/c1-7-13-29(4,35)23-19-30-14-15-32(23,36-6)28-31(30)16-17-33(5)24(30)18-21-11-12-22(27(38-28)26(21)31)37-25(34)10-8-9-20(2)3/h8-12,14-15,23-24,28,35H,7,13,16-19H2,1-6H3/b10-8+/t23-,24-,28-,29-,30-,31+,32-/m1/s1. The van der Waals surface area contributed by atoms with Crippen molar-refractivity contribution in [3.05, 3.63) is 59.2 Å². The fourth-order valence-corrected chi connectivity index (χ4v) is 8.97. The molecule has 0 radical (unpaired) electrons. The van der Waals surface area contributed by atoms with Gasteiger partial charge in [0.25, 0.3) is 0 Å². The number of benzene rings is 1. The number of carbonyl (C=O) groups is 1. The molecule has 0 aromatic heterocycles. The quantitative estimate of drug-likeness (QED) is 0.182. The Balaban J connectivity index is 1.52. The highest BCUT2D eigenvalue weighted by molar-refractivity contribution is 5.85. The van der Waals surface area contributed by atoms with Crippen LogP contribution in [0.1, 0.15) is 64.5 Å². The number of esters is 1. The van der Waals surface area contributed by atoms with Gasteiger partial charge in [-0.2, -0.15) is 0 Å². The van der Waals surface area contributed by atoms with Gasteiger partial charge in [-0.3, -0.25) is 0 Å². The van der Waals surface area contributed by atoms with Crippen LogP contribution in [0.25, 0.3) is 0 Å². The second-order valence-electron chi connectivity index (χ2n) is 12.7. The molecule has 0 amide bonds. The largest absolute Gasteiger partial charge is 0.482 e. The second-order valence-corrected chi connectivity index (χ2v) is 12.7. The third kappa shape index (κ3) is 3.14.